The number of anilines is 1. The molecule has 1 fully saturated rings. The molecular formula is C30H30N4OS. The van der Waals surface area contributed by atoms with Gasteiger partial charge in [-0.15, -0.1) is 0 Å². The van der Waals surface area contributed by atoms with Crippen molar-refractivity contribution in [3.05, 3.63) is 100 Å². The number of nitrogens with zero attached hydrogens (tertiary/aromatic N) is 4. The Hall–Kier alpha value is -3.64. The van der Waals surface area contributed by atoms with Gasteiger partial charge in [0.1, 0.15) is 0 Å². The van der Waals surface area contributed by atoms with Crippen molar-refractivity contribution in [3.8, 4) is 0 Å². The number of carbonyl (C=O) groups is 1. The number of pyridine rings is 1. The fourth-order valence-corrected chi connectivity index (χ4v) is 5.62. The van der Waals surface area contributed by atoms with Gasteiger partial charge in [-0.05, 0) is 98.1 Å². The third kappa shape index (κ3) is 4.61. The van der Waals surface area contributed by atoms with Crippen molar-refractivity contribution in [2.24, 2.45) is 4.99 Å². The molecule has 3 heterocycles. The number of aromatic nitrogens is 1. The summed E-state index contributed by atoms with van der Waals surface area (Å²) in [6, 6.07) is 18.1. The van der Waals surface area contributed by atoms with E-state index in [9.17, 15) is 4.79 Å². The summed E-state index contributed by atoms with van der Waals surface area (Å²) in [4.78, 5) is 27.4. The number of rotatable bonds is 4. The molecule has 6 heteroatoms. The van der Waals surface area contributed by atoms with Gasteiger partial charge in [0.15, 0.2) is 5.17 Å². The van der Waals surface area contributed by atoms with Crippen molar-refractivity contribution >= 4 is 45.9 Å². The number of thioether (sulfide) groups is 1. The van der Waals surface area contributed by atoms with Crippen molar-refractivity contribution in [2.45, 2.75) is 39.8 Å². The molecule has 1 saturated heterocycles. The first-order valence-corrected chi connectivity index (χ1v) is 12.9. The summed E-state index contributed by atoms with van der Waals surface area (Å²) in [5.41, 5.74) is 7.60. The monoisotopic (exact) mass is 494 g/mol. The summed E-state index contributed by atoms with van der Waals surface area (Å²) in [6.45, 7) is 9.15. The lowest BCUT2D eigenvalue weighted by molar-refractivity contribution is -0.122. The van der Waals surface area contributed by atoms with E-state index in [-0.39, 0.29) is 11.4 Å². The van der Waals surface area contributed by atoms with Gasteiger partial charge < -0.3 is 4.90 Å². The molecule has 0 bridgehead atoms. The smallest absolute Gasteiger partial charge is 0.267 e. The van der Waals surface area contributed by atoms with Crippen molar-refractivity contribution in [1.82, 2.24) is 9.88 Å². The first kappa shape index (κ1) is 24.1. The highest BCUT2D eigenvalue weighted by atomic mass is 32.2. The van der Waals surface area contributed by atoms with Crippen LogP contribution < -0.4 is 4.90 Å². The number of amidine groups is 1. The Labute approximate surface area is 217 Å². The van der Waals surface area contributed by atoms with Crippen LogP contribution in [0.25, 0.3) is 11.6 Å². The molecule has 0 radical (unpaired) electrons. The molecule has 0 atom stereocenters. The molecule has 5 rings (SSSR count). The van der Waals surface area contributed by atoms with Crippen LogP contribution in [0.1, 0.15) is 43.0 Å². The number of likely N-dealkylation sites (N-methyl/N-ethyl adjacent to an activating group) is 1. The van der Waals surface area contributed by atoms with Gasteiger partial charge in [-0.1, -0.05) is 30.3 Å². The first-order chi connectivity index (χ1) is 17.2. The van der Waals surface area contributed by atoms with E-state index >= 15 is 0 Å². The molecular weight excluding hydrogens is 464 g/mol. The number of carbonyl (C=O) groups excluding carboxylic acids is 1. The molecule has 36 heavy (non-hydrogen) atoms. The predicted molar refractivity (Wildman–Crippen MR) is 151 cm³/mol. The van der Waals surface area contributed by atoms with Gasteiger partial charge in [-0.3, -0.25) is 14.7 Å². The Kier molecular flexibility index (Phi) is 6.31. The van der Waals surface area contributed by atoms with Crippen LogP contribution in [0.5, 0.6) is 0 Å². The Balaban J connectivity index is 1.54. The van der Waals surface area contributed by atoms with Gasteiger partial charge in [0.2, 0.25) is 0 Å². The third-order valence-electron chi connectivity index (χ3n) is 6.82. The van der Waals surface area contributed by atoms with Gasteiger partial charge >= 0.3 is 0 Å². The van der Waals surface area contributed by atoms with Gasteiger partial charge in [-0.2, -0.15) is 0 Å². The average Bonchev–Trinajstić information content (AvgIpc) is 3.13. The van der Waals surface area contributed by atoms with Crippen LogP contribution >= 0.6 is 11.8 Å². The Bertz CT molecular complexity index is 1410. The molecule has 182 valence electrons. The highest BCUT2D eigenvalue weighted by Gasteiger charge is 2.34. The normalized spacial score (nSPS) is 19.1. The Morgan fingerprint density at radius 1 is 1.08 bits per heavy atom. The summed E-state index contributed by atoms with van der Waals surface area (Å²) in [6.07, 6.45) is 7.85. The van der Waals surface area contributed by atoms with E-state index in [1.54, 1.807) is 17.3 Å². The van der Waals surface area contributed by atoms with Crippen LogP contribution in [0.4, 0.5) is 11.4 Å². The highest BCUT2D eigenvalue weighted by Crippen LogP contribution is 2.41. The van der Waals surface area contributed by atoms with Crippen molar-refractivity contribution in [2.75, 3.05) is 11.9 Å². The molecule has 2 aromatic carbocycles. The minimum atomic E-state index is -0.0453. The van der Waals surface area contributed by atoms with Gasteiger partial charge in [0.25, 0.3) is 5.91 Å². The molecule has 0 N–H and O–H groups in total. The molecule has 1 aromatic heterocycles. The minimum Gasteiger partial charge on any atom is -0.365 e. The molecule has 0 spiro atoms. The topological polar surface area (TPSA) is 48.8 Å². The molecule has 5 nitrogen and oxygen atoms in total. The highest BCUT2D eigenvalue weighted by molar-refractivity contribution is 8.18. The summed E-state index contributed by atoms with van der Waals surface area (Å²) in [5, 5.41) is 0.675. The van der Waals surface area contributed by atoms with Gasteiger partial charge in [0.05, 0.1) is 22.7 Å². The maximum atomic E-state index is 13.6. The van der Waals surface area contributed by atoms with Crippen LogP contribution in [0, 0.1) is 6.92 Å². The Morgan fingerprint density at radius 3 is 2.58 bits per heavy atom. The zero-order valence-corrected chi connectivity index (χ0v) is 22.1. The molecule has 2 aliphatic rings. The lowest BCUT2D eigenvalue weighted by Gasteiger charge is -2.41. The van der Waals surface area contributed by atoms with Crippen molar-refractivity contribution in [1.29, 1.82) is 0 Å². The average molecular weight is 495 g/mol. The molecule has 0 saturated carbocycles. The predicted octanol–water partition coefficient (Wildman–Crippen LogP) is 6.83. The number of hydrogen-bond acceptors (Lipinski definition) is 5. The quantitative estimate of drug-likeness (QED) is 0.373. The second kappa shape index (κ2) is 9.43. The van der Waals surface area contributed by atoms with Gasteiger partial charge in [0, 0.05) is 30.7 Å². The Morgan fingerprint density at radius 2 is 1.86 bits per heavy atom. The first-order valence-electron chi connectivity index (χ1n) is 12.1. The van der Waals surface area contributed by atoms with Crippen LogP contribution in [0.3, 0.4) is 0 Å². The summed E-state index contributed by atoms with van der Waals surface area (Å²) in [5.74, 6) is -0.0406. The number of aliphatic imine (C=N–C) groups is 1. The second-order valence-electron chi connectivity index (χ2n) is 9.86. The summed E-state index contributed by atoms with van der Waals surface area (Å²) < 4.78 is 0. The molecule has 0 unspecified atom stereocenters. The number of fused-ring (bicyclic) bond motifs is 1. The zero-order valence-electron chi connectivity index (χ0n) is 21.3. The van der Waals surface area contributed by atoms with Crippen LogP contribution in [-0.4, -0.2) is 33.5 Å². The number of amides is 1. The van der Waals surface area contributed by atoms with E-state index in [1.807, 2.05) is 48.5 Å². The lowest BCUT2D eigenvalue weighted by atomic mass is 9.87. The molecule has 2 aliphatic heterocycles. The largest absolute Gasteiger partial charge is 0.365 e. The van der Waals surface area contributed by atoms with E-state index in [4.69, 9.17) is 4.99 Å². The van der Waals surface area contributed by atoms with Crippen LogP contribution in [-0.2, 0) is 11.3 Å². The maximum absolute atomic E-state index is 13.6. The third-order valence-corrected chi connectivity index (χ3v) is 7.83. The molecule has 0 aliphatic carbocycles. The molecule has 3 aromatic rings. The summed E-state index contributed by atoms with van der Waals surface area (Å²) in [7, 11) is 2.14. The number of allylic oxidation sites excluding steroid dienone is 1. The summed E-state index contributed by atoms with van der Waals surface area (Å²) >= 11 is 1.43. The van der Waals surface area contributed by atoms with Crippen LogP contribution in [0.15, 0.2) is 83.0 Å². The van der Waals surface area contributed by atoms with Crippen molar-refractivity contribution < 1.29 is 4.79 Å². The standard InChI is InChI=1S/C30H30N4OS/c1-20-14-26-25(21(2)17-30(3,4)33(26)5)15-23(20)16-27-28(35)34(19-22-10-9-13-31-18-22)29(36-27)32-24-11-7-6-8-12-24/h6-18H,19H2,1-5H3/b27-16+,32-29?. The maximum Gasteiger partial charge on any atom is 0.267 e. The fourth-order valence-electron chi connectivity index (χ4n) is 4.63. The molecule has 1 amide bonds. The van der Waals surface area contributed by atoms with E-state index < -0.39 is 0 Å². The SMILES string of the molecule is CC1=CC(C)(C)N(C)c2cc(C)c(/C=C3/SC(=Nc4ccccc4)N(Cc4cccnc4)C3=O)cc21. The lowest BCUT2D eigenvalue weighted by Crippen LogP contribution is -2.42. The second-order valence-corrected chi connectivity index (χ2v) is 10.9. The number of benzene rings is 2. The minimum absolute atomic E-state index is 0.0406. The van der Waals surface area contributed by atoms with E-state index in [1.165, 1.54) is 28.6 Å². The number of para-hydroxylation sites is 1. The van der Waals surface area contributed by atoms with E-state index in [0.717, 1.165) is 22.4 Å². The van der Waals surface area contributed by atoms with Crippen molar-refractivity contribution in [3.63, 3.8) is 0 Å². The van der Waals surface area contributed by atoms with E-state index in [0.29, 0.717) is 16.6 Å². The van der Waals surface area contributed by atoms with Crippen LogP contribution in [0.2, 0.25) is 0 Å². The number of hydrogen-bond donors (Lipinski definition) is 0. The zero-order chi connectivity index (χ0) is 25.4. The van der Waals surface area contributed by atoms with E-state index in [2.05, 4.69) is 62.8 Å². The number of aryl methyl sites for hydroxylation is 1. The fraction of sp³-hybridized carbons (Fsp3) is 0.233. The van der Waals surface area contributed by atoms with Gasteiger partial charge in [-0.25, -0.2) is 4.99 Å².